The number of hydrogen-bond donors (Lipinski definition) is 1. The second-order valence-electron chi connectivity index (χ2n) is 3.86. The first-order valence-electron chi connectivity index (χ1n) is 5.39. The van der Waals surface area contributed by atoms with Crippen molar-refractivity contribution in [2.75, 3.05) is 25.1 Å². The lowest BCUT2D eigenvalue weighted by Gasteiger charge is -2.09. The van der Waals surface area contributed by atoms with Crippen LogP contribution in [0.25, 0.3) is 0 Å². The molecule has 96 valence electrons. The monoisotopic (exact) mass is 252 g/mol. The molecule has 0 amide bonds. The highest BCUT2D eigenvalue weighted by Gasteiger charge is 2.10. The Labute approximate surface area is 105 Å². The molecule has 0 aliphatic carbocycles. The third-order valence-electron chi connectivity index (χ3n) is 2.07. The first kappa shape index (κ1) is 14.1. The largest absolute Gasteiger partial charge is 0.378 e. The Hall–Kier alpha value is -1.93. The molecule has 0 saturated carbocycles. The van der Waals surface area contributed by atoms with Gasteiger partial charge in [0.1, 0.15) is 5.69 Å². The lowest BCUT2D eigenvalue weighted by atomic mass is 10.2. The van der Waals surface area contributed by atoms with E-state index in [1.807, 2.05) is 6.92 Å². The number of anilines is 1. The van der Waals surface area contributed by atoms with E-state index < -0.39 is 11.6 Å². The average molecular weight is 252 g/mol. The Bertz CT molecular complexity index is 457. The first-order valence-corrected chi connectivity index (χ1v) is 5.39. The summed E-state index contributed by atoms with van der Waals surface area (Å²) in [4.78, 5) is 0. The first-order chi connectivity index (χ1) is 8.54. The van der Waals surface area contributed by atoms with Gasteiger partial charge in [-0.1, -0.05) is 12.2 Å². The van der Waals surface area contributed by atoms with Gasteiger partial charge in [0.2, 0.25) is 0 Å². The van der Waals surface area contributed by atoms with E-state index in [0.29, 0.717) is 13.2 Å². The van der Waals surface area contributed by atoms with Crippen LogP contribution in [0.5, 0.6) is 0 Å². The maximum absolute atomic E-state index is 13.4. The van der Waals surface area contributed by atoms with Crippen LogP contribution in [0.3, 0.4) is 0 Å². The smallest absolute Gasteiger partial charge is 0.150 e. The lowest BCUT2D eigenvalue weighted by Crippen LogP contribution is -2.12. The van der Waals surface area contributed by atoms with Gasteiger partial charge in [-0.2, -0.15) is 5.26 Å². The van der Waals surface area contributed by atoms with Crippen molar-refractivity contribution in [2.24, 2.45) is 0 Å². The quantitative estimate of drug-likeness (QED) is 0.625. The summed E-state index contributed by atoms with van der Waals surface area (Å²) in [6.45, 7) is 6.49. The summed E-state index contributed by atoms with van der Waals surface area (Å²) >= 11 is 0. The molecule has 0 radical (unpaired) electrons. The summed E-state index contributed by atoms with van der Waals surface area (Å²) in [6, 6.07) is 3.66. The number of ether oxygens (including phenoxy) is 1. The highest BCUT2D eigenvalue weighted by molar-refractivity contribution is 5.50. The third-order valence-corrected chi connectivity index (χ3v) is 2.07. The van der Waals surface area contributed by atoms with E-state index in [-0.39, 0.29) is 17.8 Å². The maximum atomic E-state index is 13.4. The fourth-order valence-corrected chi connectivity index (χ4v) is 1.30. The van der Waals surface area contributed by atoms with Gasteiger partial charge >= 0.3 is 0 Å². The molecular weight excluding hydrogens is 238 g/mol. The molecule has 3 nitrogen and oxygen atoms in total. The van der Waals surface area contributed by atoms with E-state index in [4.69, 9.17) is 10.00 Å². The molecule has 0 fully saturated rings. The van der Waals surface area contributed by atoms with E-state index in [0.717, 1.165) is 17.7 Å². The molecule has 0 bridgehead atoms. The molecule has 1 aromatic carbocycles. The van der Waals surface area contributed by atoms with Crippen molar-refractivity contribution in [1.29, 1.82) is 5.26 Å². The zero-order valence-electron chi connectivity index (χ0n) is 10.1. The zero-order chi connectivity index (χ0) is 13.5. The molecule has 0 unspecified atom stereocenters. The summed E-state index contributed by atoms with van der Waals surface area (Å²) in [5.41, 5.74) is 0.591. The van der Waals surface area contributed by atoms with Crippen molar-refractivity contribution in [3.63, 3.8) is 0 Å². The number of nitrogens with one attached hydrogen (secondary N) is 1. The number of nitriles is 1. The normalized spacial score (nSPS) is 9.89. The van der Waals surface area contributed by atoms with Gasteiger partial charge in [-0.05, 0) is 19.1 Å². The van der Waals surface area contributed by atoms with E-state index >= 15 is 0 Å². The minimum Gasteiger partial charge on any atom is -0.378 e. The molecular formula is C13H14F2N2O. The maximum Gasteiger partial charge on any atom is 0.150 e. The summed E-state index contributed by atoms with van der Waals surface area (Å²) < 4.78 is 32.0. The third kappa shape index (κ3) is 4.15. The second kappa shape index (κ2) is 6.72. The molecule has 1 rings (SSSR count). The Kier molecular flexibility index (Phi) is 5.28. The van der Waals surface area contributed by atoms with Gasteiger partial charge < -0.3 is 10.1 Å². The van der Waals surface area contributed by atoms with Crippen molar-refractivity contribution >= 4 is 5.69 Å². The van der Waals surface area contributed by atoms with Crippen LogP contribution in [-0.2, 0) is 4.74 Å². The summed E-state index contributed by atoms with van der Waals surface area (Å²) in [5.74, 6) is -1.57. The molecule has 0 saturated heterocycles. The Morgan fingerprint density at radius 1 is 1.44 bits per heavy atom. The molecule has 0 aliphatic heterocycles. The van der Waals surface area contributed by atoms with Gasteiger partial charge in [-0.3, -0.25) is 0 Å². The van der Waals surface area contributed by atoms with Crippen LogP contribution in [0.4, 0.5) is 14.5 Å². The van der Waals surface area contributed by atoms with Gasteiger partial charge in [-0.15, -0.1) is 0 Å². The number of rotatable bonds is 6. The predicted octanol–water partition coefficient (Wildman–Crippen LogP) is 2.84. The molecule has 18 heavy (non-hydrogen) atoms. The van der Waals surface area contributed by atoms with Crippen molar-refractivity contribution < 1.29 is 13.5 Å². The minimum atomic E-state index is -0.786. The predicted molar refractivity (Wildman–Crippen MR) is 65.2 cm³/mol. The highest BCUT2D eigenvalue weighted by Crippen LogP contribution is 2.20. The van der Waals surface area contributed by atoms with E-state index in [9.17, 15) is 8.78 Å². The molecule has 0 spiro atoms. The van der Waals surface area contributed by atoms with E-state index in [1.54, 1.807) is 6.07 Å². The van der Waals surface area contributed by atoms with Gasteiger partial charge in [0.05, 0.1) is 24.8 Å². The van der Waals surface area contributed by atoms with Crippen LogP contribution >= 0.6 is 0 Å². The zero-order valence-corrected chi connectivity index (χ0v) is 10.1. The van der Waals surface area contributed by atoms with Crippen LogP contribution in [0.2, 0.25) is 0 Å². The molecule has 1 aromatic rings. The Morgan fingerprint density at radius 2 is 2.06 bits per heavy atom. The average Bonchev–Trinajstić information content (AvgIpc) is 2.31. The SMILES string of the molecule is C=C(C)COCCNc1c(F)cc(C#N)cc1F. The fraction of sp³-hybridized carbons (Fsp3) is 0.308. The van der Waals surface area contributed by atoms with Crippen LogP contribution in [0.15, 0.2) is 24.3 Å². The summed E-state index contributed by atoms with van der Waals surface area (Å²) in [7, 11) is 0. The molecule has 0 heterocycles. The van der Waals surface area contributed by atoms with Crippen LogP contribution < -0.4 is 5.32 Å². The number of halogens is 2. The highest BCUT2D eigenvalue weighted by atomic mass is 19.1. The Morgan fingerprint density at radius 3 is 2.56 bits per heavy atom. The van der Waals surface area contributed by atoms with Crippen molar-refractivity contribution in [3.05, 3.63) is 41.5 Å². The van der Waals surface area contributed by atoms with Crippen molar-refractivity contribution in [2.45, 2.75) is 6.92 Å². The minimum absolute atomic E-state index is 0.0471. The molecule has 0 atom stereocenters. The Balaban J connectivity index is 2.53. The van der Waals surface area contributed by atoms with Crippen LogP contribution in [0.1, 0.15) is 12.5 Å². The van der Waals surface area contributed by atoms with Gasteiger partial charge in [-0.25, -0.2) is 8.78 Å². The number of nitrogens with zero attached hydrogens (tertiary/aromatic N) is 1. The molecule has 0 aromatic heterocycles. The topological polar surface area (TPSA) is 45.0 Å². The van der Waals surface area contributed by atoms with Gasteiger partial charge in [0, 0.05) is 6.54 Å². The lowest BCUT2D eigenvalue weighted by molar-refractivity contribution is 0.167. The van der Waals surface area contributed by atoms with Crippen molar-refractivity contribution in [3.8, 4) is 6.07 Å². The standard InChI is InChI=1S/C13H14F2N2O/c1-9(2)8-18-4-3-17-13-11(14)5-10(7-16)6-12(13)15/h5-6,17H,1,3-4,8H2,2H3. The van der Waals surface area contributed by atoms with Gasteiger partial charge in [0.25, 0.3) is 0 Å². The molecule has 1 N–H and O–H groups in total. The number of benzene rings is 1. The molecule has 0 aliphatic rings. The van der Waals surface area contributed by atoms with Crippen LogP contribution in [-0.4, -0.2) is 19.8 Å². The summed E-state index contributed by atoms with van der Waals surface area (Å²) in [5, 5.41) is 11.1. The number of hydrogen-bond acceptors (Lipinski definition) is 3. The van der Waals surface area contributed by atoms with Crippen LogP contribution in [0, 0.1) is 23.0 Å². The van der Waals surface area contributed by atoms with E-state index in [1.165, 1.54) is 0 Å². The molecule has 5 heteroatoms. The summed E-state index contributed by atoms with van der Waals surface area (Å²) in [6.07, 6.45) is 0. The fourth-order valence-electron chi connectivity index (χ4n) is 1.30. The van der Waals surface area contributed by atoms with Gasteiger partial charge in [0.15, 0.2) is 11.6 Å². The second-order valence-corrected chi connectivity index (χ2v) is 3.86. The van der Waals surface area contributed by atoms with E-state index in [2.05, 4.69) is 11.9 Å². The van der Waals surface area contributed by atoms with Crippen molar-refractivity contribution in [1.82, 2.24) is 0 Å².